The highest BCUT2D eigenvalue weighted by Crippen LogP contribution is 2.18. The highest BCUT2D eigenvalue weighted by molar-refractivity contribution is 6.35. The second-order valence-electron chi connectivity index (χ2n) is 4.25. The number of carbonyl (C=O) groups excluding carboxylic acids is 1. The van der Waals surface area contributed by atoms with Gasteiger partial charge in [-0.1, -0.05) is 35.3 Å². The summed E-state index contributed by atoms with van der Waals surface area (Å²) in [6, 6.07) is 6.18. The highest BCUT2D eigenvalue weighted by atomic mass is 35.5. The van der Waals surface area contributed by atoms with Gasteiger partial charge >= 0.3 is 0 Å². The van der Waals surface area contributed by atoms with Crippen LogP contribution in [0, 0.1) is 12.7 Å². The van der Waals surface area contributed by atoms with Crippen LogP contribution in [0.4, 0.5) is 4.39 Å². The van der Waals surface area contributed by atoms with Crippen LogP contribution in [0.2, 0.25) is 10.2 Å². The van der Waals surface area contributed by atoms with Gasteiger partial charge in [0.25, 0.3) is 5.91 Å². The number of aryl methyl sites for hydroxylation is 1. The minimum atomic E-state index is -0.389. The molecule has 0 saturated carbocycles. The Hall–Kier alpha value is -1.65. The van der Waals surface area contributed by atoms with Crippen molar-refractivity contribution in [2.45, 2.75) is 13.5 Å². The van der Waals surface area contributed by atoms with Gasteiger partial charge in [-0.15, -0.1) is 0 Å². The number of hydrogen-bond acceptors (Lipinski definition) is 2. The van der Waals surface area contributed by atoms with Crippen molar-refractivity contribution < 1.29 is 9.18 Å². The minimum absolute atomic E-state index is 0.181. The summed E-state index contributed by atoms with van der Waals surface area (Å²) in [4.78, 5) is 15.7. The summed E-state index contributed by atoms with van der Waals surface area (Å²) in [6.45, 7) is 1.88. The fourth-order valence-electron chi connectivity index (χ4n) is 1.61. The number of halogens is 3. The second kappa shape index (κ2) is 6.20. The zero-order valence-corrected chi connectivity index (χ0v) is 12.1. The van der Waals surface area contributed by atoms with Crippen LogP contribution in [0.15, 0.2) is 30.5 Å². The topological polar surface area (TPSA) is 42.0 Å². The van der Waals surface area contributed by atoms with Gasteiger partial charge in [0.1, 0.15) is 11.0 Å². The molecule has 1 amide bonds. The second-order valence-corrected chi connectivity index (χ2v) is 5.05. The average molecular weight is 313 g/mol. The van der Waals surface area contributed by atoms with Gasteiger partial charge in [0.2, 0.25) is 0 Å². The number of nitrogens with zero attached hydrogens (tertiary/aromatic N) is 1. The first-order valence-electron chi connectivity index (χ1n) is 5.81. The number of carbonyl (C=O) groups is 1. The SMILES string of the molecule is Cc1ccc(CNC(=O)c2cc(Cl)ncc2Cl)cc1F. The number of nitrogens with one attached hydrogen (secondary N) is 1. The molecule has 104 valence electrons. The number of benzene rings is 1. The molecule has 6 heteroatoms. The summed E-state index contributed by atoms with van der Waals surface area (Å²) in [5.74, 6) is -0.693. The van der Waals surface area contributed by atoms with Crippen molar-refractivity contribution in [2.24, 2.45) is 0 Å². The van der Waals surface area contributed by atoms with Crippen LogP contribution >= 0.6 is 23.2 Å². The number of hydrogen-bond donors (Lipinski definition) is 1. The summed E-state index contributed by atoms with van der Waals surface area (Å²) in [6.07, 6.45) is 1.31. The molecule has 1 heterocycles. The molecule has 20 heavy (non-hydrogen) atoms. The van der Waals surface area contributed by atoms with Gasteiger partial charge in [-0.2, -0.15) is 0 Å². The molecule has 1 N–H and O–H groups in total. The van der Waals surface area contributed by atoms with Crippen LogP contribution in [0.3, 0.4) is 0 Å². The number of rotatable bonds is 3. The standard InChI is InChI=1S/C14H11Cl2FN2O/c1-8-2-3-9(4-12(8)17)6-19-14(20)10-5-13(16)18-7-11(10)15/h2-5,7H,6H2,1H3,(H,19,20). The lowest BCUT2D eigenvalue weighted by molar-refractivity contribution is 0.0951. The maximum absolute atomic E-state index is 13.4. The molecule has 0 radical (unpaired) electrons. The summed E-state index contributed by atoms with van der Waals surface area (Å²) in [5.41, 5.74) is 1.46. The Balaban J connectivity index is 2.08. The van der Waals surface area contributed by atoms with E-state index in [1.165, 1.54) is 18.3 Å². The molecule has 0 bridgehead atoms. The van der Waals surface area contributed by atoms with E-state index in [4.69, 9.17) is 23.2 Å². The third kappa shape index (κ3) is 3.46. The minimum Gasteiger partial charge on any atom is -0.348 e. The molecule has 0 spiro atoms. The molecule has 0 unspecified atom stereocenters. The van der Waals surface area contributed by atoms with E-state index in [0.29, 0.717) is 11.1 Å². The lowest BCUT2D eigenvalue weighted by Crippen LogP contribution is -2.23. The van der Waals surface area contributed by atoms with E-state index >= 15 is 0 Å². The van der Waals surface area contributed by atoms with Crippen molar-refractivity contribution in [1.82, 2.24) is 10.3 Å². The Kier molecular flexibility index (Phi) is 4.57. The van der Waals surface area contributed by atoms with Gasteiger partial charge in [-0.25, -0.2) is 9.37 Å². The molecular formula is C14H11Cl2FN2O. The molecule has 1 aromatic carbocycles. The molecule has 0 fully saturated rings. The van der Waals surface area contributed by atoms with Gasteiger partial charge in [-0.3, -0.25) is 4.79 Å². The van der Waals surface area contributed by atoms with Crippen molar-refractivity contribution in [2.75, 3.05) is 0 Å². The summed E-state index contributed by atoms with van der Waals surface area (Å²) in [5, 5.41) is 3.05. The van der Waals surface area contributed by atoms with Crippen molar-refractivity contribution >= 4 is 29.1 Å². The molecule has 0 aliphatic carbocycles. The van der Waals surface area contributed by atoms with Crippen molar-refractivity contribution in [3.05, 3.63) is 63.1 Å². The average Bonchev–Trinajstić information content (AvgIpc) is 2.42. The monoisotopic (exact) mass is 312 g/mol. The molecular weight excluding hydrogens is 302 g/mol. The van der Waals surface area contributed by atoms with Crippen molar-refractivity contribution in [1.29, 1.82) is 0 Å². The van der Waals surface area contributed by atoms with E-state index < -0.39 is 0 Å². The molecule has 0 aliphatic heterocycles. The van der Waals surface area contributed by atoms with Gasteiger partial charge < -0.3 is 5.32 Å². The highest BCUT2D eigenvalue weighted by Gasteiger charge is 2.11. The maximum Gasteiger partial charge on any atom is 0.253 e. The zero-order chi connectivity index (χ0) is 14.7. The predicted molar refractivity (Wildman–Crippen MR) is 76.6 cm³/mol. The van der Waals surface area contributed by atoms with E-state index in [-0.39, 0.29) is 34.0 Å². The van der Waals surface area contributed by atoms with Crippen molar-refractivity contribution in [3.8, 4) is 0 Å². The van der Waals surface area contributed by atoms with Crippen LogP contribution in [-0.2, 0) is 6.54 Å². The van der Waals surface area contributed by atoms with Gasteiger partial charge in [0, 0.05) is 12.7 Å². The van der Waals surface area contributed by atoms with E-state index in [1.54, 1.807) is 19.1 Å². The fourth-order valence-corrected chi connectivity index (χ4v) is 1.96. The molecule has 2 rings (SSSR count). The van der Waals surface area contributed by atoms with E-state index in [1.807, 2.05) is 0 Å². The third-order valence-electron chi connectivity index (χ3n) is 2.76. The molecule has 0 saturated heterocycles. The molecule has 0 aliphatic rings. The Bertz CT molecular complexity index is 662. The van der Waals surface area contributed by atoms with Crippen LogP contribution in [0.1, 0.15) is 21.5 Å². The molecule has 3 nitrogen and oxygen atoms in total. The number of aromatic nitrogens is 1. The maximum atomic E-state index is 13.4. The fraction of sp³-hybridized carbons (Fsp3) is 0.143. The first kappa shape index (κ1) is 14.8. The Morgan fingerprint density at radius 1 is 1.35 bits per heavy atom. The Morgan fingerprint density at radius 3 is 2.80 bits per heavy atom. The first-order chi connectivity index (χ1) is 9.47. The van der Waals surface area contributed by atoms with Crippen LogP contribution in [0.25, 0.3) is 0 Å². The van der Waals surface area contributed by atoms with E-state index in [0.717, 1.165) is 0 Å². The molecule has 2 aromatic rings. The third-order valence-corrected chi connectivity index (χ3v) is 3.26. The molecule has 0 atom stereocenters. The lowest BCUT2D eigenvalue weighted by atomic mass is 10.1. The summed E-state index contributed by atoms with van der Waals surface area (Å²) >= 11 is 11.6. The summed E-state index contributed by atoms with van der Waals surface area (Å²) < 4.78 is 13.4. The largest absolute Gasteiger partial charge is 0.348 e. The van der Waals surface area contributed by atoms with E-state index in [9.17, 15) is 9.18 Å². The summed E-state index contributed by atoms with van der Waals surface area (Å²) in [7, 11) is 0. The van der Waals surface area contributed by atoms with Gasteiger partial charge in [0.05, 0.1) is 10.6 Å². The number of pyridine rings is 1. The smallest absolute Gasteiger partial charge is 0.253 e. The normalized spacial score (nSPS) is 10.4. The molecule has 1 aromatic heterocycles. The van der Waals surface area contributed by atoms with Crippen LogP contribution < -0.4 is 5.32 Å². The van der Waals surface area contributed by atoms with Crippen molar-refractivity contribution in [3.63, 3.8) is 0 Å². The Morgan fingerprint density at radius 2 is 2.10 bits per heavy atom. The van der Waals surface area contributed by atoms with Gasteiger partial charge in [-0.05, 0) is 30.2 Å². The first-order valence-corrected chi connectivity index (χ1v) is 6.57. The van der Waals surface area contributed by atoms with Gasteiger partial charge in [0.15, 0.2) is 0 Å². The zero-order valence-electron chi connectivity index (χ0n) is 10.6. The lowest BCUT2D eigenvalue weighted by Gasteiger charge is -2.07. The van der Waals surface area contributed by atoms with Crippen LogP contribution in [0.5, 0.6) is 0 Å². The Labute approximate surface area is 125 Å². The predicted octanol–water partition coefficient (Wildman–Crippen LogP) is 3.77. The quantitative estimate of drug-likeness (QED) is 0.877. The van der Waals surface area contributed by atoms with E-state index in [2.05, 4.69) is 10.3 Å². The number of amides is 1. The van der Waals surface area contributed by atoms with Crippen LogP contribution in [-0.4, -0.2) is 10.9 Å².